The number of thioether (sulfide) groups is 1. The molecule has 1 N–H and O–H groups in total. The van der Waals surface area contributed by atoms with Gasteiger partial charge in [-0.15, -0.1) is 0 Å². The van der Waals surface area contributed by atoms with E-state index in [1.165, 1.54) is 0 Å². The lowest BCUT2D eigenvalue weighted by Gasteiger charge is -2.34. The highest BCUT2D eigenvalue weighted by Gasteiger charge is 2.48. The van der Waals surface area contributed by atoms with Gasteiger partial charge in [0.25, 0.3) is 5.91 Å². The van der Waals surface area contributed by atoms with Gasteiger partial charge in [-0.3, -0.25) is 4.79 Å². The molecule has 2 rings (SSSR count). The first-order valence-corrected chi connectivity index (χ1v) is 8.58. The van der Waals surface area contributed by atoms with Gasteiger partial charge in [-0.05, 0) is 43.2 Å². The second-order valence-electron chi connectivity index (χ2n) is 5.38. The van der Waals surface area contributed by atoms with Gasteiger partial charge in [-0.25, -0.2) is 4.79 Å². The number of aliphatic carboxylic acids is 1. The molecular weight excluding hydrogens is 286 g/mol. The molecule has 1 atom stereocenters. The Morgan fingerprint density at radius 1 is 1.43 bits per heavy atom. The van der Waals surface area contributed by atoms with Gasteiger partial charge in [0, 0.05) is 17.9 Å². The predicted octanol–water partition coefficient (Wildman–Crippen LogP) is 3.02. The van der Waals surface area contributed by atoms with Crippen LogP contribution in [0.1, 0.15) is 42.1 Å². The van der Waals surface area contributed by atoms with Gasteiger partial charge in [-0.1, -0.05) is 19.1 Å². The summed E-state index contributed by atoms with van der Waals surface area (Å²) in [7, 11) is 0. The minimum atomic E-state index is -1.04. The number of hydrogen-bond acceptors (Lipinski definition) is 3. The molecule has 1 saturated heterocycles. The quantitative estimate of drug-likeness (QED) is 0.908. The minimum Gasteiger partial charge on any atom is -0.479 e. The normalized spacial score (nSPS) is 21.5. The zero-order chi connectivity index (χ0) is 15.5. The number of hydrogen-bond donors (Lipinski definition) is 1. The van der Waals surface area contributed by atoms with Crippen LogP contribution in [-0.4, -0.2) is 40.2 Å². The third kappa shape index (κ3) is 2.93. The van der Waals surface area contributed by atoms with E-state index in [0.717, 1.165) is 17.7 Å². The van der Waals surface area contributed by atoms with Crippen LogP contribution in [0, 0.1) is 0 Å². The molecule has 21 heavy (non-hydrogen) atoms. The lowest BCUT2D eigenvalue weighted by molar-refractivity contribution is -0.148. The first-order chi connectivity index (χ1) is 10.0. The molecule has 1 fully saturated rings. The molecule has 0 radical (unpaired) electrons. The van der Waals surface area contributed by atoms with Crippen LogP contribution in [0.4, 0.5) is 0 Å². The average Bonchev–Trinajstić information content (AvgIpc) is 2.92. The Labute approximate surface area is 129 Å². The van der Waals surface area contributed by atoms with Crippen molar-refractivity contribution in [2.75, 3.05) is 12.8 Å². The van der Waals surface area contributed by atoms with Crippen molar-refractivity contribution in [3.8, 4) is 0 Å². The van der Waals surface area contributed by atoms with Gasteiger partial charge in [-0.2, -0.15) is 11.8 Å². The molecule has 0 aromatic heterocycles. The van der Waals surface area contributed by atoms with E-state index in [-0.39, 0.29) is 5.91 Å². The van der Waals surface area contributed by atoms with E-state index in [9.17, 15) is 14.7 Å². The van der Waals surface area contributed by atoms with Gasteiger partial charge < -0.3 is 10.0 Å². The van der Waals surface area contributed by atoms with Gasteiger partial charge in [0.1, 0.15) is 5.54 Å². The second kappa shape index (κ2) is 6.52. The van der Waals surface area contributed by atoms with E-state index in [2.05, 4.69) is 0 Å². The average molecular weight is 307 g/mol. The number of amides is 1. The number of nitrogens with zero attached hydrogens (tertiary/aromatic N) is 1. The maximum Gasteiger partial charge on any atom is 0.329 e. The zero-order valence-corrected chi connectivity index (χ0v) is 13.3. The summed E-state index contributed by atoms with van der Waals surface area (Å²) >= 11 is 1.70. The van der Waals surface area contributed by atoms with Crippen molar-refractivity contribution >= 4 is 23.6 Å². The molecule has 1 aliphatic rings. The summed E-state index contributed by atoms with van der Waals surface area (Å²) in [6, 6.07) is 7.50. The monoisotopic (exact) mass is 307 g/mol. The highest BCUT2D eigenvalue weighted by atomic mass is 32.2. The maximum absolute atomic E-state index is 12.7. The summed E-state index contributed by atoms with van der Waals surface area (Å²) in [4.78, 5) is 26.0. The fourth-order valence-electron chi connectivity index (χ4n) is 3.03. The second-order valence-corrected chi connectivity index (χ2v) is 6.25. The Morgan fingerprint density at radius 2 is 2.19 bits per heavy atom. The highest BCUT2D eigenvalue weighted by Crippen LogP contribution is 2.34. The summed E-state index contributed by atoms with van der Waals surface area (Å²) in [5.41, 5.74) is 0.638. The SMILES string of the molecule is CCC1(C(=O)O)CCCN1C(=O)c1cccc(CSC)c1. The Bertz CT molecular complexity index is 546. The molecule has 0 bridgehead atoms. The summed E-state index contributed by atoms with van der Waals surface area (Å²) in [6.07, 6.45) is 3.74. The van der Waals surface area contributed by atoms with E-state index in [0.29, 0.717) is 24.9 Å². The number of rotatable bonds is 5. The molecule has 0 aliphatic carbocycles. The number of carbonyl (C=O) groups excluding carboxylic acids is 1. The van der Waals surface area contributed by atoms with E-state index >= 15 is 0 Å². The third-order valence-corrected chi connectivity index (χ3v) is 4.82. The molecule has 0 saturated carbocycles. The van der Waals surface area contributed by atoms with Crippen LogP contribution < -0.4 is 0 Å². The van der Waals surface area contributed by atoms with Crippen molar-refractivity contribution in [3.05, 3.63) is 35.4 Å². The largest absolute Gasteiger partial charge is 0.479 e. The molecule has 5 heteroatoms. The Balaban J connectivity index is 2.30. The van der Waals surface area contributed by atoms with Crippen LogP contribution in [0.3, 0.4) is 0 Å². The molecule has 1 aromatic rings. The fourth-order valence-corrected chi connectivity index (χ4v) is 3.55. The van der Waals surface area contributed by atoms with E-state index in [1.54, 1.807) is 22.7 Å². The topological polar surface area (TPSA) is 57.6 Å². The Kier molecular flexibility index (Phi) is 4.93. The molecule has 1 aliphatic heterocycles. The van der Waals surface area contributed by atoms with Crippen LogP contribution in [0.25, 0.3) is 0 Å². The maximum atomic E-state index is 12.7. The van der Waals surface area contributed by atoms with Crippen LogP contribution in [-0.2, 0) is 10.5 Å². The summed E-state index contributed by atoms with van der Waals surface area (Å²) in [5, 5.41) is 9.57. The van der Waals surface area contributed by atoms with Crippen LogP contribution >= 0.6 is 11.8 Å². The molecular formula is C16H21NO3S. The predicted molar refractivity (Wildman–Crippen MR) is 84.6 cm³/mol. The van der Waals surface area contributed by atoms with Crippen molar-refractivity contribution in [2.24, 2.45) is 0 Å². The smallest absolute Gasteiger partial charge is 0.329 e. The van der Waals surface area contributed by atoms with Crippen molar-refractivity contribution in [3.63, 3.8) is 0 Å². The standard InChI is InChI=1S/C16H21NO3S/c1-3-16(15(19)20)8-5-9-17(16)14(18)13-7-4-6-12(10-13)11-21-2/h4,6-7,10H,3,5,8-9,11H2,1-2H3,(H,19,20). The third-order valence-electron chi connectivity index (χ3n) is 4.20. The molecule has 1 heterocycles. The summed E-state index contributed by atoms with van der Waals surface area (Å²) in [6.45, 7) is 2.36. The lowest BCUT2D eigenvalue weighted by atomic mass is 9.92. The summed E-state index contributed by atoms with van der Waals surface area (Å²) < 4.78 is 0. The van der Waals surface area contributed by atoms with Gasteiger partial charge in [0.2, 0.25) is 0 Å². The van der Waals surface area contributed by atoms with Crippen LogP contribution in [0.15, 0.2) is 24.3 Å². The van der Waals surface area contributed by atoms with Crippen LogP contribution in [0.5, 0.6) is 0 Å². The fraction of sp³-hybridized carbons (Fsp3) is 0.500. The van der Waals surface area contributed by atoms with Gasteiger partial charge >= 0.3 is 5.97 Å². The molecule has 114 valence electrons. The first kappa shape index (κ1) is 15.9. The Morgan fingerprint density at radius 3 is 2.81 bits per heavy atom. The van der Waals surface area contributed by atoms with Crippen molar-refractivity contribution in [1.29, 1.82) is 0 Å². The molecule has 1 unspecified atom stereocenters. The highest BCUT2D eigenvalue weighted by molar-refractivity contribution is 7.97. The molecule has 1 aromatic carbocycles. The van der Waals surface area contributed by atoms with Crippen molar-refractivity contribution in [2.45, 2.75) is 37.5 Å². The summed E-state index contributed by atoms with van der Waals surface area (Å²) in [5.74, 6) is -0.213. The van der Waals surface area contributed by atoms with Crippen molar-refractivity contribution in [1.82, 2.24) is 4.90 Å². The van der Waals surface area contributed by atoms with E-state index in [1.807, 2.05) is 31.4 Å². The van der Waals surface area contributed by atoms with Gasteiger partial charge in [0.15, 0.2) is 0 Å². The van der Waals surface area contributed by atoms with Crippen LogP contribution in [0.2, 0.25) is 0 Å². The first-order valence-electron chi connectivity index (χ1n) is 7.18. The number of likely N-dealkylation sites (tertiary alicyclic amines) is 1. The molecule has 4 nitrogen and oxygen atoms in total. The Hall–Kier alpha value is -1.49. The number of carbonyl (C=O) groups is 2. The minimum absolute atomic E-state index is 0.167. The molecule has 1 amide bonds. The lowest BCUT2D eigenvalue weighted by Crippen LogP contribution is -2.52. The number of benzene rings is 1. The number of carboxylic acids is 1. The van der Waals surface area contributed by atoms with E-state index in [4.69, 9.17) is 0 Å². The van der Waals surface area contributed by atoms with E-state index < -0.39 is 11.5 Å². The zero-order valence-electron chi connectivity index (χ0n) is 12.5. The van der Waals surface area contributed by atoms with Crippen molar-refractivity contribution < 1.29 is 14.7 Å². The number of carboxylic acid groups (broad SMARTS) is 1. The molecule has 0 spiro atoms. The van der Waals surface area contributed by atoms with Gasteiger partial charge in [0.05, 0.1) is 0 Å².